The van der Waals surface area contributed by atoms with Crippen LogP contribution in [0.4, 0.5) is 13.2 Å². The van der Waals surface area contributed by atoms with E-state index in [0.29, 0.717) is 11.8 Å². The van der Waals surface area contributed by atoms with Crippen molar-refractivity contribution in [3.63, 3.8) is 0 Å². The number of benzene rings is 1. The average molecular weight is 374 g/mol. The van der Waals surface area contributed by atoms with Crippen LogP contribution in [0.15, 0.2) is 30.6 Å². The molecule has 138 valence electrons. The predicted molar refractivity (Wildman–Crippen MR) is 89.9 cm³/mol. The van der Waals surface area contributed by atoms with E-state index in [4.69, 9.17) is 4.74 Å². The number of aromatic nitrogens is 3. The molecule has 0 spiro atoms. The smallest absolute Gasteiger partial charge is 0.419 e. The summed E-state index contributed by atoms with van der Waals surface area (Å²) in [7, 11) is 0. The first-order chi connectivity index (χ1) is 12.9. The van der Waals surface area contributed by atoms with Crippen LogP contribution in [0.3, 0.4) is 0 Å². The zero-order valence-electron chi connectivity index (χ0n) is 14.1. The molecule has 0 bridgehead atoms. The van der Waals surface area contributed by atoms with Crippen LogP contribution in [0, 0.1) is 11.3 Å². The van der Waals surface area contributed by atoms with Crippen molar-refractivity contribution in [2.45, 2.75) is 19.6 Å². The molecule has 3 rings (SSSR count). The van der Waals surface area contributed by atoms with Crippen molar-refractivity contribution in [1.82, 2.24) is 14.5 Å². The Morgan fingerprint density at radius 3 is 2.74 bits per heavy atom. The minimum Gasteiger partial charge on any atom is -0.493 e. The van der Waals surface area contributed by atoms with Gasteiger partial charge >= 0.3 is 6.18 Å². The molecule has 1 aromatic carbocycles. The first-order valence-electron chi connectivity index (χ1n) is 7.93. The Morgan fingerprint density at radius 2 is 2.11 bits per heavy atom. The summed E-state index contributed by atoms with van der Waals surface area (Å²) >= 11 is 0. The molecule has 3 aromatic rings. The van der Waals surface area contributed by atoms with Gasteiger partial charge in [-0.3, -0.25) is 0 Å². The summed E-state index contributed by atoms with van der Waals surface area (Å²) in [5.74, 6) is -0.277. The highest BCUT2D eigenvalue weighted by Crippen LogP contribution is 2.39. The molecule has 0 aliphatic rings. The number of aldehydes is 1. The molecule has 0 fully saturated rings. The fourth-order valence-electron chi connectivity index (χ4n) is 2.70. The minimum atomic E-state index is -4.61. The summed E-state index contributed by atoms with van der Waals surface area (Å²) in [4.78, 5) is 19.0. The van der Waals surface area contributed by atoms with Crippen LogP contribution >= 0.6 is 0 Å². The molecule has 0 aliphatic heterocycles. The standard InChI is InChI=1S/C18H13F3N4O2/c1-2-27-16-4-3-11(7-12(16)18(19,20)21)13-8-15-17(14(9-22)24-13)23-10-25(15)5-6-26/h3-4,6-8,10H,2,5H2,1H3. The number of imidazole rings is 1. The van der Waals surface area contributed by atoms with Gasteiger partial charge in [-0.25, -0.2) is 9.97 Å². The van der Waals surface area contributed by atoms with Gasteiger partial charge in [0, 0.05) is 5.56 Å². The maximum Gasteiger partial charge on any atom is 0.419 e. The molecule has 6 nitrogen and oxygen atoms in total. The Morgan fingerprint density at radius 1 is 1.33 bits per heavy atom. The summed E-state index contributed by atoms with van der Waals surface area (Å²) in [6, 6.07) is 6.99. The second-order valence-corrected chi connectivity index (χ2v) is 5.54. The molecular weight excluding hydrogens is 361 g/mol. The molecule has 0 amide bonds. The van der Waals surface area contributed by atoms with Crippen LogP contribution in [-0.4, -0.2) is 27.4 Å². The minimum absolute atomic E-state index is 0.00189. The summed E-state index contributed by atoms with van der Waals surface area (Å²) in [6.45, 7) is 1.69. The summed E-state index contributed by atoms with van der Waals surface area (Å²) in [5, 5.41) is 9.31. The molecule has 0 aliphatic carbocycles. The van der Waals surface area contributed by atoms with E-state index in [1.807, 2.05) is 6.07 Å². The van der Waals surface area contributed by atoms with Crippen LogP contribution in [-0.2, 0) is 17.5 Å². The number of pyridine rings is 1. The molecule has 2 heterocycles. The Bertz CT molecular complexity index is 1050. The second-order valence-electron chi connectivity index (χ2n) is 5.54. The maximum absolute atomic E-state index is 13.4. The Balaban J connectivity index is 2.21. The molecule has 27 heavy (non-hydrogen) atoms. The van der Waals surface area contributed by atoms with E-state index in [1.165, 1.54) is 29.1 Å². The lowest BCUT2D eigenvalue weighted by molar-refractivity contribution is -0.138. The highest BCUT2D eigenvalue weighted by atomic mass is 19.4. The van der Waals surface area contributed by atoms with Crippen LogP contribution in [0.2, 0.25) is 0 Å². The first-order valence-corrected chi connectivity index (χ1v) is 7.93. The van der Waals surface area contributed by atoms with Gasteiger partial charge in [0.1, 0.15) is 23.6 Å². The van der Waals surface area contributed by atoms with Crippen LogP contribution in [0.1, 0.15) is 18.2 Å². The number of hydrogen-bond donors (Lipinski definition) is 0. The lowest BCUT2D eigenvalue weighted by Crippen LogP contribution is -2.09. The third-order valence-corrected chi connectivity index (χ3v) is 3.87. The molecule has 2 aromatic heterocycles. The SMILES string of the molecule is CCOc1ccc(-c2cc3c(ncn3CC=O)c(C#N)n2)cc1C(F)(F)F. The van der Waals surface area contributed by atoms with Gasteiger partial charge in [-0.1, -0.05) is 0 Å². The first kappa shape index (κ1) is 18.4. The second kappa shape index (κ2) is 7.07. The molecule has 0 unspecified atom stereocenters. The van der Waals surface area contributed by atoms with Gasteiger partial charge in [0.2, 0.25) is 0 Å². The molecule has 0 saturated carbocycles. The number of carbonyl (C=O) groups excluding carboxylic acids is 1. The topological polar surface area (TPSA) is 80.8 Å². The van der Waals surface area contributed by atoms with E-state index in [9.17, 15) is 23.2 Å². The third-order valence-electron chi connectivity index (χ3n) is 3.87. The van der Waals surface area contributed by atoms with Gasteiger partial charge < -0.3 is 14.1 Å². The lowest BCUT2D eigenvalue weighted by Gasteiger charge is -2.14. The van der Waals surface area contributed by atoms with Gasteiger partial charge in [0.25, 0.3) is 0 Å². The van der Waals surface area contributed by atoms with Gasteiger partial charge in [0.15, 0.2) is 5.69 Å². The summed E-state index contributed by atoms with van der Waals surface area (Å²) in [5.41, 5.74) is 0.0951. The van der Waals surface area contributed by atoms with Crippen molar-refractivity contribution in [1.29, 1.82) is 5.26 Å². The van der Waals surface area contributed by atoms with Crippen molar-refractivity contribution in [3.05, 3.63) is 41.9 Å². The van der Waals surface area contributed by atoms with Crippen molar-refractivity contribution < 1.29 is 22.7 Å². The average Bonchev–Trinajstić information content (AvgIpc) is 3.04. The zero-order valence-corrected chi connectivity index (χ0v) is 14.1. The molecule has 9 heteroatoms. The molecule has 0 atom stereocenters. The number of halogens is 3. The predicted octanol–water partition coefficient (Wildman–Crippen LogP) is 3.59. The highest BCUT2D eigenvalue weighted by Gasteiger charge is 2.35. The van der Waals surface area contributed by atoms with Crippen molar-refractivity contribution in [3.8, 4) is 23.1 Å². The largest absolute Gasteiger partial charge is 0.493 e. The van der Waals surface area contributed by atoms with Gasteiger partial charge in [0.05, 0.1) is 36.3 Å². The zero-order chi connectivity index (χ0) is 19.6. The molecule has 0 radical (unpaired) electrons. The Labute approximate surface area is 151 Å². The number of alkyl halides is 3. The Hall–Kier alpha value is -3.41. The van der Waals surface area contributed by atoms with Crippen molar-refractivity contribution >= 4 is 17.3 Å². The number of rotatable bonds is 5. The normalized spacial score (nSPS) is 11.4. The number of hydrogen-bond acceptors (Lipinski definition) is 5. The number of carbonyl (C=O) groups is 1. The molecule has 0 N–H and O–H groups in total. The highest BCUT2D eigenvalue weighted by molar-refractivity contribution is 5.85. The molecule has 0 saturated heterocycles. The van der Waals surface area contributed by atoms with E-state index in [0.717, 1.165) is 6.07 Å². The third kappa shape index (κ3) is 3.46. The molecular formula is C18H13F3N4O2. The van der Waals surface area contributed by atoms with E-state index < -0.39 is 11.7 Å². The number of nitriles is 1. The Kier molecular flexibility index (Phi) is 4.81. The van der Waals surface area contributed by atoms with Crippen LogP contribution in [0.25, 0.3) is 22.3 Å². The maximum atomic E-state index is 13.4. The van der Waals surface area contributed by atoms with E-state index >= 15 is 0 Å². The van der Waals surface area contributed by atoms with E-state index in [2.05, 4.69) is 9.97 Å². The van der Waals surface area contributed by atoms with Crippen LogP contribution in [0.5, 0.6) is 5.75 Å². The van der Waals surface area contributed by atoms with Gasteiger partial charge in [-0.05, 0) is 31.2 Å². The lowest BCUT2D eigenvalue weighted by atomic mass is 10.1. The number of nitrogens with zero attached hydrogens (tertiary/aromatic N) is 4. The van der Waals surface area contributed by atoms with Crippen LogP contribution < -0.4 is 4.74 Å². The summed E-state index contributed by atoms with van der Waals surface area (Å²) < 4.78 is 46.7. The number of fused-ring (bicyclic) bond motifs is 1. The van der Waals surface area contributed by atoms with Gasteiger partial charge in [-0.15, -0.1) is 0 Å². The fraction of sp³-hybridized carbons (Fsp3) is 0.222. The van der Waals surface area contributed by atoms with E-state index in [-0.39, 0.29) is 41.4 Å². The summed E-state index contributed by atoms with van der Waals surface area (Å²) in [6.07, 6.45) is -2.57. The fourth-order valence-corrected chi connectivity index (χ4v) is 2.70. The number of ether oxygens (including phenoxy) is 1. The van der Waals surface area contributed by atoms with Crippen molar-refractivity contribution in [2.75, 3.05) is 6.61 Å². The van der Waals surface area contributed by atoms with E-state index in [1.54, 1.807) is 6.92 Å². The monoisotopic (exact) mass is 374 g/mol. The van der Waals surface area contributed by atoms with Gasteiger partial charge in [-0.2, -0.15) is 18.4 Å². The quantitative estimate of drug-likeness (QED) is 0.638. The van der Waals surface area contributed by atoms with Crippen molar-refractivity contribution in [2.24, 2.45) is 0 Å².